The number of hydrogen-bond acceptors (Lipinski definition) is 7. The van der Waals surface area contributed by atoms with Gasteiger partial charge in [-0.05, 0) is 55.3 Å². The van der Waals surface area contributed by atoms with Crippen LogP contribution >= 0.6 is 24.4 Å². The average molecular weight is 377 g/mol. The van der Waals surface area contributed by atoms with Gasteiger partial charge in [0.2, 0.25) is 0 Å². The standard InChI is InChI=1S/C17H28O5S2/c18-16(3-1-8-23)20-6-7-21-17(19)4-2-9-24-10-5-13-11-14-15(12-13)22-14/h13-15,23H,1-12H2. The molecule has 1 aliphatic heterocycles. The Hall–Kier alpha value is -0.400. The van der Waals surface area contributed by atoms with Crippen molar-refractivity contribution in [3.8, 4) is 0 Å². The van der Waals surface area contributed by atoms with Crippen molar-refractivity contribution in [2.45, 2.75) is 57.2 Å². The molecule has 5 nitrogen and oxygen atoms in total. The number of carbonyl (C=O) groups excluding carboxylic acids is 2. The van der Waals surface area contributed by atoms with Crippen LogP contribution in [0, 0.1) is 5.92 Å². The van der Waals surface area contributed by atoms with E-state index in [2.05, 4.69) is 12.6 Å². The lowest BCUT2D eigenvalue weighted by atomic mass is 10.1. The molecule has 0 bridgehead atoms. The van der Waals surface area contributed by atoms with Gasteiger partial charge in [0.05, 0.1) is 12.2 Å². The van der Waals surface area contributed by atoms with Gasteiger partial charge in [0.25, 0.3) is 0 Å². The van der Waals surface area contributed by atoms with Crippen molar-refractivity contribution in [3.63, 3.8) is 0 Å². The van der Waals surface area contributed by atoms with E-state index in [4.69, 9.17) is 14.2 Å². The molecule has 7 heteroatoms. The van der Waals surface area contributed by atoms with E-state index in [0.717, 1.165) is 18.1 Å². The van der Waals surface area contributed by atoms with Crippen molar-refractivity contribution in [1.82, 2.24) is 0 Å². The maximum absolute atomic E-state index is 11.5. The second-order valence-electron chi connectivity index (χ2n) is 6.32. The first-order valence-corrected chi connectivity index (χ1v) is 10.6. The van der Waals surface area contributed by atoms with Crippen LogP contribution in [0.4, 0.5) is 0 Å². The molecule has 2 atom stereocenters. The van der Waals surface area contributed by atoms with E-state index >= 15 is 0 Å². The summed E-state index contributed by atoms with van der Waals surface area (Å²) in [6.07, 6.45) is 7.26. The van der Waals surface area contributed by atoms with Gasteiger partial charge >= 0.3 is 11.9 Å². The molecule has 0 amide bonds. The van der Waals surface area contributed by atoms with Crippen molar-refractivity contribution < 1.29 is 23.8 Å². The maximum atomic E-state index is 11.5. The van der Waals surface area contributed by atoms with Gasteiger partial charge in [-0.3, -0.25) is 9.59 Å². The predicted molar refractivity (Wildman–Crippen MR) is 97.6 cm³/mol. The summed E-state index contributed by atoms with van der Waals surface area (Å²) in [5.41, 5.74) is 0. The van der Waals surface area contributed by atoms with E-state index in [0.29, 0.717) is 37.2 Å². The highest BCUT2D eigenvalue weighted by Crippen LogP contribution is 2.43. The number of rotatable bonds is 13. The molecule has 0 radical (unpaired) electrons. The predicted octanol–water partition coefficient (Wildman–Crippen LogP) is 2.86. The van der Waals surface area contributed by atoms with Crippen molar-refractivity contribution in [2.75, 3.05) is 30.5 Å². The average Bonchev–Trinajstić information content (AvgIpc) is 3.19. The molecule has 0 aromatic heterocycles. The lowest BCUT2D eigenvalue weighted by Crippen LogP contribution is -2.14. The minimum Gasteiger partial charge on any atom is -0.462 e. The zero-order valence-corrected chi connectivity index (χ0v) is 15.8. The summed E-state index contributed by atoms with van der Waals surface area (Å²) >= 11 is 5.94. The molecule has 2 rings (SSSR count). The molecule has 1 saturated heterocycles. The van der Waals surface area contributed by atoms with Crippen LogP contribution in [-0.2, 0) is 23.8 Å². The molecule has 2 fully saturated rings. The molecular weight excluding hydrogens is 348 g/mol. The zero-order valence-electron chi connectivity index (χ0n) is 14.1. The van der Waals surface area contributed by atoms with Gasteiger partial charge < -0.3 is 14.2 Å². The first-order chi connectivity index (χ1) is 11.7. The summed E-state index contributed by atoms with van der Waals surface area (Å²) in [6, 6.07) is 0. The minimum atomic E-state index is -0.261. The highest BCUT2D eigenvalue weighted by Gasteiger charge is 2.47. The van der Waals surface area contributed by atoms with Crippen LogP contribution in [0.2, 0.25) is 0 Å². The van der Waals surface area contributed by atoms with Crippen LogP contribution in [0.1, 0.15) is 44.9 Å². The van der Waals surface area contributed by atoms with E-state index in [9.17, 15) is 9.59 Å². The number of epoxide rings is 1. The molecule has 2 aliphatic rings. The fourth-order valence-electron chi connectivity index (χ4n) is 2.93. The molecular formula is C17H28O5S2. The lowest BCUT2D eigenvalue weighted by molar-refractivity contribution is -0.152. The summed E-state index contributed by atoms with van der Waals surface area (Å²) in [5, 5.41) is 0. The van der Waals surface area contributed by atoms with E-state index in [1.54, 1.807) is 0 Å². The summed E-state index contributed by atoms with van der Waals surface area (Å²) in [4.78, 5) is 22.8. The third kappa shape index (κ3) is 8.12. The smallest absolute Gasteiger partial charge is 0.305 e. The van der Waals surface area contributed by atoms with Crippen molar-refractivity contribution in [1.29, 1.82) is 0 Å². The molecule has 24 heavy (non-hydrogen) atoms. The van der Waals surface area contributed by atoms with Crippen LogP contribution in [-0.4, -0.2) is 54.6 Å². The second kappa shape index (κ2) is 11.3. The van der Waals surface area contributed by atoms with E-state index in [-0.39, 0.29) is 25.2 Å². The fourth-order valence-corrected chi connectivity index (χ4v) is 4.14. The molecule has 2 unspecified atom stereocenters. The monoisotopic (exact) mass is 376 g/mol. The summed E-state index contributed by atoms with van der Waals surface area (Å²) in [6.45, 7) is 0.281. The van der Waals surface area contributed by atoms with Crippen LogP contribution in [0.25, 0.3) is 0 Å². The van der Waals surface area contributed by atoms with Gasteiger partial charge in [0.15, 0.2) is 0 Å². The maximum Gasteiger partial charge on any atom is 0.305 e. The Balaban J connectivity index is 1.32. The number of thiol groups is 1. The Morgan fingerprint density at radius 2 is 1.62 bits per heavy atom. The van der Waals surface area contributed by atoms with Gasteiger partial charge in [-0.25, -0.2) is 0 Å². The third-order valence-electron chi connectivity index (χ3n) is 4.31. The molecule has 1 aliphatic carbocycles. The quantitative estimate of drug-likeness (QED) is 0.231. The molecule has 1 saturated carbocycles. The van der Waals surface area contributed by atoms with E-state index in [1.165, 1.54) is 25.0 Å². The highest BCUT2D eigenvalue weighted by atomic mass is 32.2. The molecule has 0 aromatic rings. The van der Waals surface area contributed by atoms with Crippen molar-refractivity contribution in [3.05, 3.63) is 0 Å². The normalized spacial score (nSPS) is 24.5. The molecule has 0 spiro atoms. The van der Waals surface area contributed by atoms with E-state index < -0.39 is 0 Å². The Bertz CT molecular complexity index is 394. The number of fused-ring (bicyclic) bond motifs is 1. The zero-order chi connectivity index (χ0) is 17.2. The summed E-state index contributed by atoms with van der Waals surface area (Å²) in [5.74, 6) is 3.20. The van der Waals surface area contributed by atoms with Crippen LogP contribution in [0.15, 0.2) is 0 Å². The Morgan fingerprint density at radius 3 is 2.25 bits per heavy atom. The first-order valence-electron chi connectivity index (χ1n) is 8.84. The number of carbonyl (C=O) groups is 2. The van der Waals surface area contributed by atoms with Crippen LogP contribution in [0.3, 0.4) is 0 Å². The fraction of sp³-hybridized carbons (Fsp3) is 0.882. The number of thioether (sulfide) groups is 1. The number of esters is 2. The van der Waals surface area contributed by atoms with Gasteiger partial charge in [-0.1, -0.05) is 0 Å². The Labute approximate surface area is 154 Å². The minimum absolute atomic E-state index is 0.138. The highest BCUT2D eigenvalue weighted by molar-refractivity contribution is 7.99. The van der Waals surface area contributed by atoms with Gasteiger partial charge in [-0.15, -0.1) is 0 Å². The van der Waals surface area contributed by atoms with Crippen LogP contribution in [0.5, 0.6) is 0 Å². The Kier molecular flexibility index (Phi) is 9.35. The van der Waals surface area contributed by atoms with Gasteiger partial charge in [0.1, 0.15) is 13.2 Å². The van der Waals surface area contributed by atoms with Crippen molar-refractivity contribution in [2.24, 2.45) is 5.92 Å². The topological polar surface area (TPSA) is 65.1 Å². The Morgan fingerprint density at radius 1 is 1.00 bits per heavy atom. The second-order valence-corrected chi connectivity index (χ2v) is 8.00. The van der Waals surface area contributed by atoms with Crippen LogP contribution < -0.4 is 0 Å². The SMILES string of the molecule is O=C(CCCS)OCCOC(=O)CCCSCCC1CC2OC2C1. The van der Waals surface area contributed by atoms with Gasteiger partial charge in [-0.2, -0.15) is 24.4 Å². The summed E-state index contributed by atoms with van der Waals surface area (Å²) < 4.78 is 15.4. The van der Waals surface area contributed by atoms with E-state index in [1.807, 2.05) is 11.8 Å². The molecule has 138 valence electrons. The largest absolute Gasteiger partial charge is 0.462 e. The summed E-state index contributed by atoms with van der Waals surface area (Å²) in [7, 11) is 0. The first kappa shape index (κ1) is 19.9. The van der Waals surface area contributed by atoms with Gasteiger partial charge in [0, 0.05) is 12.8 Å². The number of ether oxygens (including phenoxy) is 3. The third-order valence-corrected chi connectivity index (χ3v) is 5.73. The van der Waals surface area contributed by atoms with Crippen molar-refractivity contribution >= 4 is 36.3 Å². The molecule has 0 aromatic carbocycles. The molecule has 1 heterocycles. The number of hydrogen-bond donors (Lipinski definition) is 1. The molecule has 0 N–H and O–H groups in total. The lowest BCUT2D eigenvalue weighted by Gasteiger charge is -2.10.